The van der Waals surface area contributed by atoms with Gasteiger partial charge in [-0.05, 0) is 55.1 Å². The molecule has 1 aliphatic carbocycles. The third-order valence-corrected chi connectivity index (χ3v) is 5.58. The van der Waals surface area contributed by atoms with E-state index >= 15 is 0 Å². The third kappa shape index (κ3) is 2.96. The van der Waals surface area contributed by atoms with E-state index in [0.717, 1.165) is 12.3 Å². The summed E-state index contributed by atoms with van der Waals surface area (Å²) in [5, 5.41) is 4.24. The number of halogens is 1. The van der Waals surface area contributed by atoms with Crippen molar-refractivity contribution in [1.82, 2.24) is 5.32 Å². The zero-order valence-corrected chi connectivity index (χ0v) is 14.0. The Kier molecular flexibility index (Phi) is 4.53. The lowest BCUT2D eigenvalue weighted by Crippen LogP contribution is -2.21. The van der Waals surface area contributed by atoms with E-state index in [0.29, 0.717) is 5.02 Å². The molecule has 0 amide bonds. The van der Waals surface area contributed by atoms with Crippen molar-refractivity contribution in [3.63, 3.8) is 0 Å². The van der Waals surface area contributed by atoms with Gasteiger partial charge in [-0.3, -0.25) is 0 Å². The van der Waals surface area contributed by atoms with Crippen LogP contribution in [0.4, 0.5) is 0 Å². The molecule has 2 aromatic rings. The highest BCUT2D eigenvalue weighted by atomic mass is 35.5. The molecule has 3 rings (SSSR count). The maximum atomic E-state index is 6.14. The first-order valence-electron chi connectivity index (χ1n) is 7.41. The molecule has 1 aromatic carbocycles. The lowest BCUT2D eigenvalue weighted by molar-refractivity contribution is 0.414. The van der Waals surface area contributed by atoms with Crippen molar-refractivity contribution in [3.8, 4) is 5.75 Å². The molecule has 1 N–H and O–H groups in total. The maximum absolute atomic E-state index is 6.14. The number of rotatable bonds is 5. The van der Waals surface area contributed by atoms with Crippen LogP contribution < -0.4 is 10.1 Å². The van der Waals surface area contributed by atoms with Gasteiger partial charge in [-0.1, -0.05) is 24.6 Å². The molecule has 0 bridgehead atoms. The van der Waals surface area contributed by atoms with Crippen LogP contribution >= 0.6 is 22.9 Å². The van der Waals surface area contributed by atoms with Gasteiger partial charge in [-0.2, -0.15) is 0 Å². The van der Waals surface area contributed by atoms with E-state index in [4.69, 9.17) is 16.3 Å². The van der Waals surface area contributed by atoms with Gasteiger partial charge in [0.25, 0.3) is 0 Å². The Labute approximate surface area is 135 Å². The van der Waals surface area contributed by atoms with Gasteiger partial charge in [0.05, 0.1) is 18.2 Å². The van der Waals surface area contributed by atoms with Gasteiger partial charge in [0.2, 0.25) is 0 Å². The smallest absolute Gasteiger partial charge is 0.137 e. The maximum Gasteiger partial charge on any atom is 0.137 e. The van der Waals surface area contributed by atoms with Gasteiger partial charge < -0.3 is 10.1 Å². The summed E-state index contributed by atoms with van der Waals surface area (Å²) in [6.45, 7) is 3.07. The second-order valence-electron chi connectivity index (χ2n) is 5.34. The zero-order valence-electron chi connectivity index (χ0n) is 12.4. The molecule has 112 valence electrons. The largest absolute Gasteiger partial charge is 0.495 e. The number of methoxy groups -OCH3 is 1. The first kappa shape index (κ1) is 14.9. The molecule has 4 heteroatoms. The van der Waals surface area contributed by atoms with E-state index in [-0.39, 0.29) is 6.04 Å². The first-order chi connectivity index (χ1) is 10.2. The highest BCUT2D eigenvalue weighted by Crippen LogP contribution is 2.37. The number of fused-ring (bicyclic) bond motifs is 1. The van der Waals surface area contributed by atoms with Crippen LogP contribution in [-0.2, 0) is 12.8 Å². The summed E-state index contributed by atoms with van der Waals surface area (Å²) >= 11 is 8.09. The molecule has 21 heavy (non-hydrogen) atoms. The van der Waals surface area contributed by atoms with Crippen LogP contribution in [0.3, 0.4) is 0 Å². The van der Waals surface area contributed by atoms with E-state index in [1.165, 1.54) is 29.7 Å². The van der Waals surface area contributed by atoms with E-state index in [1.54, 1.807) is 17.6 Å². The molecule has 1 unspecified atom stereocenters. The predicted octanol–water partition coefficient (Wildman–Crippen LogP) is 4.60. The van der Waals surface area contributed by atoms with E-state index in [9.17, 15) is 0 Å². The van der Waals surface area contributed by atoms with E-state index in [2.05, 4.69) is 24.4 Å². The Morgan fingerprint density at radius 3 is 2.90 bits per heavy atom. The molecule has 1 aromatic heterocycles. The molecule has 0 aliphatic heterocycles. The molecule has 1 aliphatic rings. The molecule has 0 radical (unpaired) electrons. The van der Waals surface area contributed by atoms with Crippen molar-refractivity contribution in [2.75, 3.05) is 13.7 Å². The molecule has 2 nitrogen and oxygen atoms in total. The molecule has 1 atom stereocenters. The van der Waals surface area contributed by atoms with Crippen molar-refractivity contribution in [1.29, 1.82) is 0 Å². The monoisotopic (exact) mass is 321 g/mol. The summed E-state index contributed by atoms with van der Waals surface area (Å²) in [5.41, 5.74) is 2.75. The number of nitrogens with one attached hydrogen (secondary N) is 1. The SMILES string of the molecule is CCNC(c1ccc(Cl)c(OC)c1)c1cc2c(s1)CCC2. The van der Waals surface area contributed by atoms with E-state index < -0.39 is 0 Å². The van der Waals surface area contributed by atoms with Crippen LogP contribution in [0, 0.1) is 0 Å². The van der Waals surface area contributed by atoms with Gasteiger partial charge in [0.15, 0.2) is 0 Å². The molecule has 0 saturated heterocycles. The predicted molar refractivity (Wildman–Crippen MR) is 89.9 cm³/mol. The van der Waals surface area contributed by atoms with Crippen LogP contribution in [0.25, 0.3) is 0 Å². The normalized spacial score (nSPS) is 15.0. The third-order valence-electron chi connectivity index (χ3n) is 3.97. The fourth-order valence-electron chi connectivity index (χ4n) is 2.94. The van der Waals surface area contributed by atoms with Crippen LogP contribution in [0.15, 0.2) is 24.3 Å². The van der Waals surface area contributed by atoms with Gasteiger partial charge in [-0.25, -0.2) is 0 Å². The van der Waals surface area contributed by atoms with Crippen molar-refractivity contribution in [3.05, 3.63) is 50.2 Å². The molecule has 0 fully saturated rings. The summed E-state index contributed by atoms with van der Waals surface area (Å²) in [4.78, 5) is 2.96. The summed E-state index contributed by atoms with van der Waals surface area (Å²) in [6, 6.07) is 8.64. The van der Waals surface area contributed by atoms with Crippen molar-refractivity contribution >= 4 is 22.9 Å². The minimum Gasteiger partial charge on any atom is -0.495 e. The van der Waals surface area contributed by atoms with Gasteiger partial charge >= 0.3 is 0 Å². The highest BCUT2D eigenvalue weighted by Gasteiger charge is 2.21. The van der Waals surface area contributed by atoms with Crippen LogP contribution in [0.2, 0.25) is 5.02 Å². The zero-order chi connectivity index (χ0) is 14.8. The number of hydrogen-bond donors (Lipinski definition) is 1. The van der Waals surface area contributed by atoms with Gasteiger partial charge in [0, 0.05) is 9.75 Å². The van der Waals surface area contributed by atoms with Gasteiger partial charge in [0.1, 0.15) is 5.75 Å². The molecule has 1 heterocycles. The van der Waals surface area contributed by atoms with Crippen molar-refractivity contribution in [2.24, 2.45) is 0 Å². The van der Waals surface area contributed by atoms with Gasteiger partial charge in [-0.15, -0.1) is 11.3 Å². The average molecular weight is 322 g/mol. The summed E-state index contributed by atoms with van der Waals surface area (Å²) < 4.78 is 5.35. The molecule has 0 saturated carbocycles. The summed E-state index contributed by atoms with van der Waals surface area (Å²) in [6.07, 6.45) is 3.78. The Morgan fingerprint density at radius 2 is 2.19 bits per heavy atom. The Morgan fingerprint density at radius 1 is 1.33 bits per heavy atom. The quantitative estimate of drug-likeness (QED) is 0.869. The Bertz CT molecular complexity index is 616. The number of thiophene rings is 1. The minimum absolute atomic E-state index is 0.219. The highest BCUT2D eigenvalue weighted by molar-refractivity contribution is 7.12. The van der Waals surface area contributed by atoms with E-state index in [1.807, 2.05) is 23.5 Å². The van der Waals surface area contributed by atoms with Crippen molar-refractivity contribution in [2.45, 2.75) is 32.2 Å². The van der Waals surface area contributed by atoms with Crippen LogP contribution in [0.1, 0.15) is 40.3 Å². The second-order valence-corrected chi connectivity index (χ2v) is 6.91. The number of ether oxygens (including phenoxy) is 1. The van der Waals surface area contributed by atoms with Crippen LogP contribution in [-0.4, -0.2) is 13.7 Å². The first-order valence-corrected chi connectivity index (χ1v) is 8.60. The molecular formula is C17H20ClNOS. The lowest BCUT2D eigenvalue weighted by atomic mass is 10.0. The standard InChI is InChI=1S/C17H20ClNOS/c1-3-19-17(12-7-8-13(18)14(9-12)20-2)16-10-11-5-4-6-15(11)21-16/h7-10,17,19H,3-6H2,1-2H3. The minimum atomic E-state index is 0.219. The Balaban J connectivity index is 1.96. The number of hydrogen-bond acceptors (Lipinski definition) is 3. The number of aryl methyl sites for hydroxylation is 2. The fraction of sp³-hybridized carbons (Fsp3) is 0.412. The summed E-state index contributed by atoms with van der Waals surface area (Å²) in [7, 11) is 1.66. The molecular weight excluding hydrogens is 302 g/mol. The second kappa shape index (κ2) is 6.39. The Hall–Kier alpha value is -1.03. The summed E-state index contributed by atoms with van der Waals surface area (Å²) in [5.74, 6) is 0.737. The molecule has 0 spiro atoms. The fourth-order valence-corrected chi connectivity index (χ4v) is 4.49. The topological polar surface area (TPSA) is 21.3 Å². The average Bonchev–Trinajstić information content (AvgIpc) is 3.06. The number of benzene rings is 1. The van der Waals surface area contributed by atoms with Crippen molar-refractivity contribution < 1.29 is 4.74 Å². The van der Waals surface area contributed by atoms with Crippen LogP contribution in [0.5, 0.6) is 5.75 Å². The lowest BCUT2D eigenvalue weighted by Gasteiger charge is -2.18.